The quantitative estimate of drug-likeness (QED) is 0.111. The first-order chi connectivity index (χ1) is 18.5. The van der Waals surface area contributed by atoms with E-state index in [9.17, 15) is 4.79 Å². The number of halogens is 1. The number of hydrogen-bond donors (Lipinski definition) is 3. The van der Waals surface area contributed by atoms with Gasteiger partial charge in [-0.3, -0.25) is 0 Å². The molecule has 198 valence electrons. The minimum atomic E-state index is -0.565. The molecule has 0 atom stereocenters. The molecule has 3 aromatic rings. The molecule has 0 radical (unpaired) electrons. The minimum absolute atomic E-state index is 0.565. The molecule has 4 rings (SSSR count). The second-order valence-electron chi connectivity index (χ2n) is 9.22. The van der Waals surface area contributed by atoms with Gasteiger partial charge in [0.25, 0.3) is 0 Å². The van der Waals surface area contributed by atoms with Gasteiger partial charge in [-0.1, -0.05) is 65.9 Å². The van der Waals surface area contributed by atoms with Gasteiger partial charge in [0.15, 0.2) is 5.11 Å². The number of anilines is 2. The Morgan fingerprint density at radius 3 is 2.42 bits per heavy atom. The van der Waals surface area contributed by atoms with Gasteiger partial charge in [-0.2, -0.15) is 0 Å². The molecule has 0 aromatic heterocycles. The van der Waals surface area contributed by atoms with Crippen molar-refractivity contribution in [2.24, 2.45) is 4.36 Å². The van der Waals surface area contributed by atoms with Crippen molar-refractivity contribution in [3.8, 4) is 16.9 Å². The molecule has 3 N–H and O–H groups in total. The number of nitrogens with zero attached hydrogens (tertiary/aromatic N) is 1. The van der Waals surface area contributed by atoms with Crippen LogP contribution in [0.5, 0.6) is 5.75 Å². The molecule has 0 heterocycles. The van der Waals surface area contributed by atoms with Crippen molar-refractivity contribution in [2.45, 2.75) is 44.9 Å². The van der Waals surface area contributed by atoms with Crippen molar-refractivity contribution in [1.29, 1.82) is 0 Å². The van der Waals surface area contributed by atoms with Crippen LogP contribution in [0.15, 0.2) is 69.5 Å². The van der Waals surface area contributed by atoms with Crippen LogP contribution in [0.4, 0.5) is 16.2 Å². The Morgan fingerprint density at radius 1 is 0.895 bits per heavy atom. The molecule has 1 aliphatic rings. The molecular formula is C29H31BrN4O2S2. The van der Waals surface area contributed by atoms with Crippen LogP contribution in [0, 0.1) is 0 Å². The van der Waals surface area contributed by atoms with Gasteiger partial charge in [-0.15, -0.1) is 4.36 Å². The lowest BCUT2D eigenvalue weighted by atomic mass is 10.1. The van der Waals surface area contributed by atoms with Crippen LogP contribution in [0.3, 0.4) is 0 Å². The topological polar surface area (TPSA) is 74.8 Å². The second-order valence-corrected chi connectivity index (χ2v) is 10.7. The predicted octanol–water partition coefficient (Wildman–Crippen LogP) is 7.99. The summed E-state index contributed by atoms with van der Waals surface area (Å²) in [6.07, 6.45) is 7.58. The summed E-state index contributed by atoms with van der Waals surface area (Å²) in [5.74, 6) is 0.633. The molecule has 0 unspecified atom stereocenters. The molecule has 9 heteroatoms. The smallest absolute Gasteiger partial charge is 0.356 e. The van der Waals surface area contributed by atoms with E-state index in [2.05, 4.69) is 85.1 Å². The first kappa shape index (κ1) is 28.1. The molecule has 0 bridgehead atoms. The normalized spacial score (nSPS) is 11.3. The maximum atomic E-state index is 11.4. The Hall–Kier alpha value is -2.88. The number of fused-ring (bicyclic) bond motifs is 3. The molecule has 0 fully saturated rings. The number of hydrogen-bond acceptors (Lipinski definition) is 4. The highest BCUT2D eigenvalue weighted by molar-refractivity contribution is 9.10. The summed E-state index contributed by atoms with van der Waals surface area (Å²) >= 11 is 13.5. The highest BCUT2D eigenvalue weighted by Gasteiger charge is 2.18. The summed E-state index contributed by atoms with van der Waals surface area (Å²) in [6.45, 7) is 1.46. The first-order valence-electron chi connectivity index (χ1n) is 12.9. The number of urea groups is 1. The predicted molar refractivity (Wildman–Crippen MR) is 165 cm³/mol. The third kappa shape index (κ3) is 8.06. The Balaban J connectivity index is 1.05. The van der Waals surface area contributed by atoms with Gasteiger partial charge in [0.2, 0.25) is 0 Å². The van der Waals surface area contributed by atoms with Crippen LogP contribution < -0.4 is 20.7 Å². The van der Waals surface area contributed by atoms with Gasteiger partial charge >= 0.3 is 6.03 Å². The zero-order chi connectivity index (χ0) is 26.7. The zero-order valence-corrected chi connectivity index (χ0v) is 24.3. The van der Waals surface area contributed by atoms with Crippen molar-refractivity contribution < 1.29 is 9.53 Å². The van der Waals surface area contributed by atoms with Crippen molar-refractivity contribution in [3.05, 3.63) is 76.3 Å². The number of para-hydroxylation sites is 2. The van der Waals surface area contributed by atoms with E-state index in [1.807, 2.05) is 18.2 Å². The number of thiocarbonyl (C=S) groups is 1. The summed E-state index contributed by atoms with van der Waals surface area (Å²) in [7, 11) is 0. The lowest BCUT2D eigenvalue weighted by Crippen LogP contribution is -2.29. The van der Waals surface area contributed by atoms with E-state index in [0.29, 0.717) is 23.2 Å². The molecule has 0 saturated heterocycles. The van der Waals surface area contributed by atoms with E-state index in [1.165, 1.54) is 28.7 Å². The van der Waals surface area contributed by atoms with Crippen LogP contribution in [0.25, 0.3) is 11.1 Å². The Labute approximate surface area is 243 Å². The maximum absolute atomic E-state index is 11.4. The van der Waals surface area contributed by atoms with E-state index in [4.69, 9.17) is 17.0 Å². The number of benzene rings is 3. The maximum Gasteiger partial charge on any atom is 0.356 e. The third-order valence-electron chi connectivity index (χ3n) is 6.43. The van der Waals surface area contributed by atoms with Crippen molar-refractivity contribution in [3.63, 3.8) is 0 Å². The summed E-state index contributed by atoms with van der Waals surface area (Å²) in [6, 6.07) is 19.7. The van der Waals surface area contributed by atoms with Crippen LogP contribution >= 0.6 is 28.1 Å². The zero-order valence-electron chi connectivity index (χ0n) is 21.1. The fourth-order valence-corrected chi connectivity index (χ4v) is 5.26. The number of carbonyl (C=O) groups is 1. The molecule has 2 amide bonds. The van der Waals surface area contributed by atoms with E-state index in [0.717, 1.165) is 55.2 Å². The molecule has 0 spiro atoms. The van der Waals surface area contributed by atoms with Gasteiger partial charge < -0.3 is 20.7 Å². The molecule has 3 aromatic carbocycles. The first-order valence-corrected chi connectivity index (χ1v) is 14.4. The lowest BCUT2D eigenvalue weighted by Gasteiger charge is -2.12. The average Bonchev–Trinajstić information content (AvgIpc) is 3.27. The number of ether oxygens (including phenoxy) is 1. The number of rotatable bonds is 12. The molecule has 0 saturated carbocycles. The van der Waals surface area contributed by atoms with Crippen molar-refractivity contribution >= 4 is 63.1 Å². The van der Waals surface area contributed by atoms with E-state index >= 15 is 0 Å². The standard InChI is InChI=1S/C29H31BrN4O2S2/c30-22-11-13-24-20(18-22)17-21-19-23(12-14-25(21)24)32-29(37)31-15-7-3-1-2-4-8-16-36-27-10-6-5-9-26(27)33-28(35)34-38/h5-6,9-14,18-19H,1-4,7-8,15-17H2,(H,33,35)(H2,31,32,37). The fraction of sp³-hybridized carbons (Fsp3) is 0.310. The molecule has 38 heavy (non-hydrogen) atoms. The van der Waals surface area contributed by atoms with Crippen LogP contribution in [0.2, 0.25) is 0 Å². The molecule has 6 nitrogen and oxygen atoms in total. The fourth-order valence-electron chi connectivity index (χ4n) is 4.58. The summed E-state index contributed by atoms with van der Waals surface area (Å²) < 4.78 is 10.1. The number of carbonyl (C=O) groups excluding carboxylic acids is 1. The summed E-state index contributed by atoms with van der Waals surface area (Å²) in [5.41, 5.74) is 6.92. The number of nitrogens with one attached hydrogen (secondary N) is 3. The Morgan fingerprint density at radius 2 is 1.61 bits per heavy atom. The minimum Gasteiger partial charge on any atom is -0.491 e. The van der Waals surface area contributed by atoms with E-state index in [1.54, 1.807) is 6.07 Å². The van der Waals surface area contributed by atoms with Crippen LogP contribution in [-0.4, -0.2) is 24.3 Å². The average molecular weight is 612 g/mol. The molecular weight excluding hydrogens is 580 g/mol. The van der Waals surface area contributed by atoms with E-state index in [-0.39, 0.29) is 0 Å². The van der Waals surface area contributed by atoms with Crippen molar-refractivity contribution in [2.75, 3.05) is 23.8 Å². The van der Waals surface area contributed by atoms with Gasteiger partial charge in [0.05, 0.1) is 12.3 Å². The number of unbranched alkanes of at least 4 members (excludes halogenated alkanes) is 5. The van der Waals surface area contributed by atoms with Crippen LogP contribution in [-0.2, 0) is 18.8 Å². The number of amides is 2. The van der Waals surface area contributed by atoms with E-state index < -0.39 is 6.03 Å². The van der Waals surface area contributed by atoms with Gasteiger partial charge in [-0.25, -0.2) is 4.79 Å². The van der Waals surface area contributed by atoms with Gasteiger partial charge in [-0.05, 0) is 90.1 Å². The summed E-state index contributed by atoms with van der Waals surface area (Å²) in [5, 5.41) is 9.94. The SMILES string of the molecule is O=C(N=S)Nc1ccccc1OCCCCCCCCNC(=S)Nc1ccc2c(c1)Cc1cc(Br)ccc1-2. The second kappa shape index (κ2) is 14.3. The largest absolute Gasteiger partial charge is 0.491 e. The Kier molecular flexibility index (Phi) is 10.6. The lowest BCUT2D eigenvalue weighted by molar-refractivity contribution is 0.259. The van der Waals surface area contributed by atoms with Crippen LogP contribution in [0.1, 0.15) is 49.7 Å². The van der Waals surface area contributed by atoms with Gasteiger partial charge in [0.1, 0.15) is 5.75 Å². The molecule has 1 aliphatic carbocycles. The van der Waals surface area contributed by atoms with Gasteiger partial charge in [0, 0.05) is 29.1 Å². The summed E-state index contributed by atoms with van der Waals surface area (Å²) in [4.78, 5) is 11.4. The highest BCUT2D eigenvalue weighted by atomic mass is 79.9. The third-order valence-corrected chi connectivity index (χ3v) is 7.33. The van der Waals surface area contributed by atoms with Crippen molar-refractivity contribution in [1.82, 2.24) is 5.32 Å². The highest BCUT2D eigenvalue weighted by Crippen LogP contribution is 2.39. The molecule has 0 aliphatic heterocycles. The Bertz CT molecular complexity index is 1300. The monoisotopic (exact) mass is 610 g/mol.